The van der Waals surface area contributed by atoms with Crippen molar-refractivity contribution in [2.24, 2.45) is 11.7 Å². The highest BCUT2D eigenvalue weighted by atomic mass is 16.4. The van der Waals surface area contributed by atoms with Crippen molar-refractivity contribution in [2.45, 2.75) is 66.3 Å². The second-order valence-corrected chi connectivity index (χ2v) is 6.31. The van der Waals surface area contributed by atoms with Gasteiger partial charge in [-0.05, 0) is 73.8 Å². The molecular weight excluding hydrogens is 262 g/mol. The Bertz CT molecular complexity index is 496. The van der Waals surface area contributed by atoms with Crippen LogP contribution in [0.25, 0.3) is 0 Å². The van der Waals surface area contributed by atoms with Gasteiger partial charge in [0.05, 0.1) is 0 Å². The summed E-state index contributed by atoms with van der Waals surface area (Å²) < 4.78 is 0. The van der Waals surface area contributed by atoms with Gasteiger partial charge in [0, 0.05) is 0 Å². The van der Waals surface area contributed by atoms with Gasteiger partial charge >= 0.3 is 5.97 Å². The van der Waals surface area contributed by atoms with E-state index in [9.17, 15) is 4.79 Å². The van der Waals surface area contributed by atoms with Gasteiger partial charge in [-0.1, -0.05) is 26.3 Å². The van der Waals surface area contributed by atoms with E-state index in [0.29, 0.717) is 12.3 Å². The monoisotopic (exact) mass is 291 g/mol. The Balaban J connectivity index is 3.16. The fourth-order valence-electron chi connectivity index (χ4n) is 3.32. The van der Waals surface area contributed by atoms with Gasteiger partial charge < -0.3 is 10.8 Å². The molecule has 3 nitrogen and oxygen atoms in total. The molecule has 0 heterocycles. The number of hydrogen-bond donors (Lipinski definition) is 2. The number of carboxylic acid groups (broad SMARTS) is 1. The molecule has 1 aromatic rings. The number of carbonyl (C=O) groups is 1. The third-order valence-corrected chi connectivity index (χ3v) is 4.98. The van der Waals surface area contributed by atoms with Crippen LogP contribution in [0, 0.1) is 33.6 Å². The summed E-state index contributed by atoms with van der Waals surface area (Å²) in [6.07, 6.45) is 1.47. The van der Waals surface area contributed by atoms with Crippen LogP contribution < -0.4 is 5.73 Å². The van der Waals surface area contributed by atoms with Gasteiger partial charge in [-0.25, -0.2) is 0 Å². The minimum atomic E-state index is -0.908. The van der Waals surface area contributed by atoms with E-state index < -0.39 is 12.0 Å². The highest BCUT2D eigenvalue weighted by Gasteiger charge is 2.26. The van der Waals surface area contributed by atoms with Crippen LogP contribution in [-0.4, -0.2) is 17.1 Å². The Morgan fingerprint density at radius 2 is 1.67 bits per heavy atom. The molecule has 3 unspecified atom stereocenters. The Hall–Kier alpha value is -1.35. The van der Waals surface area contributed by atoms with Gasteiger partial charge in [0.1, 0.15) is 6.04 Å². The van der Waals surface area contributed by atoms with Crippen molar-refractivity contribution in [3.8, 4) is 0 Å². The predicted octanol–water partition coefficient (Wildman–Crippen LogP) is 3.85. The largest absolute Gasteiger partial charge is 0.480 e. The highest BCUT2D eigenvalue weighted by molar-refractivity contribution is 5.73. The fourth-order valence-corrected chi connectivity index (χ4v) is 3.32. The van der Waals surface area contributed by atoms with Gasteiger partial charge in [0.25, 0.3) is 0 Å². The molecule has 0 aliphatic heterocycles. The zero-order chi connectivity index (χ0) is 16.3. The van der Waals surface area contributed by atoms with E-state index in [0.717, 1.165) is 6.42 Å². The van der Waals surface area contributed by atoms with Gasteiger partial charge in [-0.3, -0.25) is 4.79 Å². The third-order valence-electron chi connectivity index (χ3n) is 4.98. The number of aliphatic carboxylic acids is 1. The lowest BCUT2D eigenvalue weighted by molar-refractivity contribution is -0.139. The van der Waals surface area contributed by atoms with Crippen molar-refractivity contribution >= 4 is 5.97 Å². The van der Waals surface area contributed by atoms with E-state index in [-0.39, 0.29) is 5.92 Å². The van der Waals surface area contributed by atoms with Crippen molar-refractivity contribution < 1.29 is 9.90 Å². The molecule has 118 valence electrons. The SMILES string of the molecule is CCC(CC(N)C(=O)O)C(C)c1c(C)c(C)cc(C)c1C. The van der Waals surface area contributed by atoms with Gasteiger partial charge in [0.2, 0.25) is 0 Å². The summed E-state index contributed by atoms with van der Waals surface area (Å²) in [5, 5.41) is 9.05. The highest BCUT2D eigenvalue weighted by Crippen LogP contribution is 2.36. The zero-order valence-electron chi connectivity index (χ0n) is 14.2. The molecule has 0 saturated carbocycles. The number of hydrogen-bond acceptors (Lipinski definition) is 2. The summed E-state index contributed by atoms with van der Waals surface area (Å²) in [5.74, 6) is -0.303. The molecule has 3 N–H and O–H groups in total. The predicted molar refractivity (Wildman–Crippen MR) is 87.8 cm³/mol. The number of aryl methyl sites for hydroxylation is 2. The molecule has 0 amide bonds. The molecule has 0 bridgehead atoms. The van der Waals surface area contributed by atoms with Crippen molar-refractivity contribution in [1.29, 1.82) is 0 Å². The minimum Gasteiger partial charge on any atom is -0.480 e. The second kappa shape index (κ2) is 7.08. The summed E-state index contributed by atoms with van der Waals surface area (Å²) in [6.45, 7) is 12.9. The maximum atomic E-state index is 11.0. The molecule has 0 fully saturated rings. The standard InChI is InChI=1S/C18H29NO2/c1-7-15(9-16(19)18(20)21)14(6)17-12(4)10(2)8-11(3)13(17)5/h8,14-16H,7,9,19H2,1-6H3,(H,20,21). The molecule has 1 rings (SSSR count). The topological polar surface area (TPSA) is 63.3 Å². The molecule has 0 saturated heterocycles. The van der Waals surface area contributed by atoms with Gasteiger partial charge in [0.15, 0.2) is 0 Å². The number of benzene rings is 1. The molecular formula is C18H29NO2. The molecule has 0 radical (unpaired) electrons. The van der Waals surface area contributed by atoms with Gasteiger partial charge in [-0.2, -0.15) is 0 Å². The lowest BCUT2D eigenvalue weighted by atomic mass is 9.77. The van der Waals surface area contributed by atoms with Crippen molar-refractivity contribution in [3.63, 3.8) is 0 Å². The average molecular weight is 291 g/mol. The first-order valence-corrected chi connectivity index (χ1v) is 7.76. The molecule has 21 heavy (non-hydrogen) atoms. The van der Waals surface area contributed by atoms with Crippen molar-refractivity contribution in [3.05, 3.63) is 33.9 Å². The minimum absolute atomic E-state index is 0.287. The number of nitrogens with two attached hydrogens (primary N) is 1. The smallest absolute Gasteiger partial charge is 0.320 e. The van der Waals surface area contributed by atoms with Crippen LogP contribution in [0.2, 0.25) is 0 Å². The first kappa shape index (κ1) is 17.7. The molecule has 3 heteroatoms. The maximum absolute atomic E-state index is 11.0. The summed E-state index contributed by atoms with van der Waals surface area (Å²) in [7, 11) is 0. The Morgan fingerprint density at radius 1 is 1.19 bits per heavy atom. The van der Waals surface area contributed by atoms with E-state index in [1.54, 1.807) is 0 Å². The fraction of sp³-hybridized carbons (Fsp3) is 0.611. The van der Waals surface area contributed by atoms with E-state index >= 15 is 0 Å². The number of rotatable bonds is 6. The van der Waals surface area contributed by atoms with E-state index in [4.69, 9.17) is 10.8 Å². The molecule has 0 aliphatic carbocycles. The third kappa shape index (κ3) is 3.85. The Labute approximate surface area is 128 Å². The quantitative estimate of drug-likeness (QED) is 0.836. The van der Waals surface area contributed by atoms with Crippen LogP contribution in [-0.2, 0) is 4.79 Å². The van der Waals surface area contributed by atoms with Crippen LogP contribution >= 0.6 is 0 Å². The van der Waals surface area contributed by atoms with E-state index in [2.05, 4.69) is 47.6 Å². The molecule has 0 aromatic heterocycles. The molecule has 1 aromatic carbocycles. The first-order chi connectivity index (χ1) is 9.70. The maximum Gasteiger partial charge on any atom is 0.320 e. The summed E-state index contributed by atoms with van der Waals surface area (Å²) >= 11 is 0. The lowest BCUT2D eigenvalue weighted by Gasteiger charge is -2.29. The Morgan fingerprint density at radius 3 is 2.05 bits per heavy atom. The molecule has 0 aliphatic rings. The van der Waals surface area contributed by atoms with Crippen molar-refractivity contribution in [2.75, 3.05) is 0 Å². The van der Waals surface area contributed by atoms with Crippen LogP contribution in [0.15, 0.2) is 6.07 Å². The Kier molecular flexibility index (Phi) is 5.97. The van der Waals surface area contributed by atoms with Crippen LogP contribution in [0.1, 0.15) is 60.4 Å². The van der Waals surface area contributed by atoms with E-state index in [1.807, 2.05) is 0 Å². The average Bonchev–Trinajstić information content (AvgIpc) is 2.42. The molecule has 0 spiro atoms. The summed E-state index contributed by atoms with van der Waals surface area (Å²) in [5.41, 5.74) is 12.4. The summed E-state index contributed by atoms with van der Waals surface area (Å²) in [6, 6.07) is 1.45. The van der Waals surface area contributed by atoms with Crippen LogP contribution in [0.4, 0.5) is 0 Å². The van der Waals surface area contributed by atoms with Gasteiger partial charge in [-0.15, -0.1) is 0 Å². The van der Waals surface area contributed by atoms with Crippen LogP contribution in [0.3, 0.4) is 0 Å². The summed E-state index contributed by atoms with van der Waals surface area (Å²) in [4.78, 5) is 11.0. The van der Waals surface area contributed by atoms with Crippen LogP contribution in [0.5, 0.6) is 0 Å². The zero-order valence-corrected chi connectivity index (χ0v) is 14.2. The van der Waals surface area contributed by atoms with Crippen molar-refractivity contribution in [1.82, 2.24) is 0 Å². The second-order valence-electron chi connectivity index (χ2n) is 6.31. The lowest BCUT2D eigenvalue weighted by Crippen LogP contribution is -2.33. The van der Waals surface area contributed by atoms with E-state index in [1.165, 1.54) is 27.8 Å². The number of carboxylic acids is 1. The normalized spacial score (nSPS) is 15.6. The first-order valence-electron chi connectivity index (χ1n) is 7.76. The molecule has 3 atom stereocenters.